The number of aromatic nitrogens is 4. The lowest BCUT2D eigenvalue weighted by Crippen LogP contribution is -2.36. The molecule has 2 aliphatic carbocycles. The number of aryl methyl sites for hydroxylation is 1. The van der Waals surface area contributed by atoms with Gasteiger partial charge in [0.05, 0.1) is 42.5 Å². The van der Waals surface area contributed by atoms with Crippen molar-refractivity contribution < 1.29 is 4.74 Å². The van der Waals surface area contributed by atoms with Crippen molar-refractivity contribution in [3.8, 4) is 22.4 Å². The Morgan fingerprint density at radius 1 is 0.719 bits per heavy atom. The van der Waals surface area contributed by atoms with Crippen molar-refractivity contribution >= 4 is 40.8 Å². The van der Waals surface area contributed by atoms with E-state index in [4.69, 9.17) is 4.74 Å². The van der Waals surface area contributed by atoms with E-state index in [0.29, 0.717) is 11.8 Å². The van der Waals surface area contributed by atoms with Gasteiger partial charge in [0.15, 0.2) is 0 Å². The summed E-state index contributed by atoms with van der Waals surface area (Å²) in [6, 6.07) is 22.9. The Balaban J connectivity index is 0.000000164. The first kappa shape index (κ1) is 39.7. The standard InChI is InChI=1S/C31H45P.C19H17N5O/c1-22(2)28-20-24(5)21-29(23(3)4)31(28)27-18-12-13-19-30(27)32(25-14-8-6-9-15-25)26-16-10-7-11-17-26;1-2-13(10-20-3-1)17-9-15-16-8-14(24-4-6-25-7-5-24)11-22-19(16)23-18(15)12-21-17/h12-13,18-23,25-26H,6-11,14-17H2,1-5H3;1-3,8-12H,4-7H2,(H,22,23). The molecular formula is C50H62N5OP. The molecule has 0 radical (unpaired) electrons. The smallest absolute Gasteiger partial charge is 0.138 e. The van der Waals surface area contributed by atoms with Crippen LogP contribution < -0.4 is 10.2 Å². The monoisotopic (exact) mass is 779 g/mol. The summed E-state index contributed by atoms with van der Waals surface area (Å²) in [5.74, 6) is 1.09. The van der Waals surface area contributed by atoms with E-state index >= 15 is 0 Å². The maximum absolute atomic E-state index is 5.45. The van der Waals surface area contributed by atoms with E-state index in [1.165, 1.54) is 69.8 Å². The Morgan fingerprint density at radius 3 is 2.02 bits per heavy atom. The molecule has 298 valence electrons. The predicted octanol–water partition coefficient (Wildman–Crippen LogP) is 12.7. The molecule has 0 spiro atoms. The Kier molecular flexibility index (Phi) is 12.7. The van der Waals surface area contributed by atoms with E-state index in [0.717, 1.165) is 76.5 Å². The van der Waals surface area contributed by atoms with Gasteiger partial charge >= 0.3 is 0 Å². The Hall–Kier alpha value is -4.12. The van der Waals surface area contributed by atoms with Crippen molar-refractivity contribution in [3.05, 3.63) is 102 Å². The van der Waals surface area contributed by atoms with Gasteiger partial charge in [0.1, 0.15) is 5.65 Å². The minimum atomic E-state index is -0.107. The number of pyridine rings is 3. The number of benzene rings is 2. The van der Waals surface area contributed by atoms with Crippen LogP contribution in [-0.2, 0) is 4.74 Å². The number of nitrogens with zero attached hydrogens (tertiary/aromatic N) is 4. The first-order chi connectivity index (χ1) is 27.9. The van der Waals surface area contributed by atoms with Crippen LogP contribution >= 0.6 is 7.92 Å². The van der Waals surface area contributed by atoms with Crippen molar-refractivity contribution in [1.29, 1.82) is 0 Å². The SMILES string of the molecule is Cc1cc(C(C)C)c(-c2ccccc2P(C2CCCCC2)C2CCCCC2)c(C(C)C)c1.c1cncc(-c2cc3c(cn2)[nH]c2ncc(N4CCOCC4)cc23)c1. The van der Waals surface area contributed by atoms with Crippen LogP contribution in [0.3, 0.4) is 0 Å². The summed E-state index contributed by atoms with van der Waals surface area (Å²) < 4.78 is 5.45. The zero-order valence-corrected chi connectivity index (χ0v) is 35.8. The van der Waals surface area contributed by atoms with Crippen molar-refractivity contribution in [2.45, 2.75) is 122 Å². The lowest BCUT2D eigenvalue weighted by molar-refractivity contribution is 0.122. The quantitative estimate of drug-likeness (QED) is 0.156. The first-order valence-corrected chi connectivity index (χ1v) is 23.4. The molecular weight excluding hydrogens is 718 g/mol. The molecule has 6 aromatic rings. The highest BCUT2D eigenvalue weighted by Gasteiger charge is 2.34. The fourth-order valence-corrected chi connectivity index (χ4v) is 13.7. The number of hydrogen-bond acceptors (Lipinski definition) is 5. The van der Waals surface area contributed by atoms with Crippen LogP contribution in [0.15, 0.2) is 85.5 Å². The minimum absolute atomic E-state index is 0.107. The summed E-state index contributed by atoms with van der Waals surface area (Å²) in [5, 5.41) is 3.99. The number of morpholine rings is 1. The highest BCUT2D eigenvalue weighted by molar-refractivity contribution is 7.67. The second-order valence-corrected chi connectivity index (χ2v) is 20.1. The first-order valence-electron chi connectivity index (χ1n) is 21.9. The number of ether oxygens (including phenoxy) is 1. The lowest BCUT2D eigenvalue weighted by Gasteiger charge is -2.40. The van der Waals surface area contributed by atoms with Gasteiger partial charge in [-0.2, -0.15) is 0 Å². The molecule has 2 aromatic carbocycles. The largest absolute Gasteiger partial charge is 0.378 e. The van der Waals surface area contributed by atoms with Crippen LogP contribution in [0.1, 0.15) is 120 Å². The number of rotatable bonds is 8. The number of hydrogen-bond donors (Lipinski definition) is 1. The van der Waals surface area contributed by atoms with Gasteiger partial charge < -0.3 is 14.6 Å². The summed E-state index contributed by atoms with van der Waals surface area (Å²) >= 11 is 0. The fourth-order valence-electron chi connectivity index (χ4n) is 9.72. The van der Waals surface area contributed by atoms with Gasteiger partial charge in [0.25, 0.3) is 0 Å². The van der Waals surface area contributed by atoms with Crippen LogP contribution in [0.4, 0.5) is 5.69 Å². The summed E-state index contributed by atoms with van der Waals surface area (Å²) in [5.41, 5.74) is 14.5. The van der Waals surface area contributed by atoms with Crippen molar-refractivity contribution in [2.75, 3.05) is 31.2 Å². The second kappa shape index (κ2) is 18.2. The molecule has 4 aromatic heterocycles. The van der Waals surface area contributed by atoms with E-state index in [1.807, 2.05) is 30.7 Å². The molecule has 0 bridgehead atoms. The highest BCUT2D eigenvalue weighted by Crippen LogP contribution is 2.56. The van der Waals surface area contributed by atoms with Gasteiger partial charge in [0, 0.05) is 41.8 Å². The third kappa shape index (κ3) is 8.83. The topological polar surface area (TPSA) is 66.9 Å². The molecule has 2 saturated carbocycles. The molecule has 0 unspecified atom stereocenters. The van der Waals surface area contributed by atoms with Crippen molar-refractivity contribution in [2.24, 2.45) is 0 Å². The third-order valence-corrected chi connectivity index (χ3v) is 16.2. The van der Waals surface area contributed by atoms with Crippen LogP contribution in [0.5, 0.6) is 0 Å². The number of fused-ring (bicyclic) bond motifs is 3. The lowest BCUT2D eigenvalue weighted by atomic mass is 9.83. The molecule has 0 amide bonds. The fraction of sp³-hybridized carbons (Fsp3) is 0.460. The van der Waals surface area contributed by atoms with Crippen LogP contribution in [0.2, 0.25) is 0 Å². The minimum Gasteiger partial charge on any atom is -0.378 e. The van der Waals surface area contributed by atoms with E-state index in [1.54, 1.807) is 33.8 Å². The van der Waals surface area contributed by atoms with Gasteiger partial charge in [-0.1, -0.05) is 116 Å². The summed E-state index contributed by atoms with van der Waals surface area (Å²) in [7, 11) is -0.107. The summed E-state index contributed by atoms with van der Waals surface area (Å²) in [6.07, 6.45) is 22.0. The number of anilines is 1. The maximum Gasteiger partial charge on any atom is 0.138 e. The molecule has 6 nitrogen and oxygen atoms in total. The molecule has 3 aliphatic rings. The second-order valence-electron chi connectivity index (χ2n) is 17.3. The van der Waals surface area contributed by atoms with Crippen LogP contribution in [-0.4, -0.2) is 57.6 Å². The molecule has 5 heterocycles. The molecule has 1 saturated heterocycles. The summed E-state index contributed by atoms with van der Waals surface area (Å²) in [6.45, 7) is 15.2. The zero-order valence-electron chi connectivity index (χ0n) is 34.9. The van der Waals surface area contributed by atoms with E-state index in [2.05, 4.69) is 108 Å². The maximum atomic E-state index is 5.45. The molecule has 3 fully saturated rings. The van der Waals surface area contributed by atoms with Crippen LogP contribution in [0, 0.1) is 6.92 Å². The number of H-pyrrole nitrogens is 1. The Labute approximate surface area is 342 Å². The average Bonchev–Trinajstić information content (AvgIpc) is 3.63. The molecule has 0 atom stereocenters. The predicted molar refractivity (Wildman–Crippen MR) is 243 cm³/mol. The molecule has 57 heavy (non-hydrogen) atoms. The van der Waals surface area contributed by atoms with Gasteiger partial charge in [-0.05, 0) is 108 Å². The zero-order chi connectivity index (χ0) is 39.3. The van der Waals surface area contributed by atoms with Crippen molar-refractivity contribution in [3.63, 3.8) is 0 Å². The van der Waals surface area contributed by atoms with E-state index < -0.39 is 0 Å². The molecule has 1 N–H and O–H groups in total. The number of nitrogens with one attached hydrogen (secondary N) is 1. The Bertz CT molecular complexity index is 2200. The van der Waals surface area contributed by atoms with Gasteiger partial charge in [-0.3, -0.25) is 9.97 Å². The van der Waals surface area contributed by atoms with Crippen molar-refractivity contribution in [1.82, 2.24) is 19.9 Å². The molecule has 9 rings (SSSR count). The van der Waals surface area contributed by atoms with Crippen LogP contribution in [0.25, 0.3) is 44.3 Å². The normalized spacial score (nSPS) is 17.2. The third-order valence-electron chi connectivity index (χ3n) is 12.6. The average molecular weight is 780 g/mol. The number of aromatic amines is 1. The molecule has 7 heteroatoms. The summed E-state index contributed by atoms with van der Waals surface area (Å²) in [4.78, 5) is 19.0. The van der Waals surface area contributed by atoms with E-state index in [9.17, 15) is 0 Å². The van der Waals surface area contributed by atoms with Gasteiger partial charge in [-0.15, -0.1) is 0 Å². The van der Waals surface area contributed by atoms with Gasteiger partial charge in [0.2, 0.25) is 0 Å². The highest BCUT2D eigenvalue weighted by atomic mass is 31.1. The van der Waals surface area contributed by atoms with Gasteiger partial charge in [-0.25, -0.2) is 4.98 Å². The Morgan fingerprint density at radius 2 is 1.39 bits per heavy atom. The van der Waals surface area contributed by atoms with E-state index in [-0.39, 0.29) is 7.92 Å². The molecule has 1 aliphatic heterocycles.